The Hall–Kier alpha value is -2.60. The van der Waals surface area contributed by atoms with Gasteiger partial charge in [0.1, 0.15) is 5.82 Å². The largest absolute Gasteiger partial charge is 0.325 e. The van der Waals surface area contributed by atoms with Gasteiger partial charge in [-0.2, -0.15) is 0 Å². The minimum atomic E-state index is -0.309. The first-order valence-electron chi connectivity index (χ1n) is 9.55. The van der Waals surface area contributed by atoms with Gasteiger partial charge in [0.25, 0.3) is 0 Å². The van der Waals surface area contributed by atoms with E-state index in [0.29, 0.717) is 11.1 Å². The van der Waals surface area contributed by atoms with Gasteiger partial charge in [-0.3, -0.25) is 9.36 Å². The molecule has 146 valence electrons. The summed E-state index contributed by atoms with van der Waals surface area (Å²) in [6.07, 6.45) is 1.02. The molecule has 0 bridgehead atoms. The average Bonchev–Trinajstić information content (AvgIpc) is 3.08. The number of aryl methyl sites for hydroxylation is 1. The molecule has 1 aromatic heterocycles. The van der Waals surface area contributed by atoms with Crippen LogP contribution in [0.15, 0.2) is 59.8 Å². The highest BCUT2D eigenvalue weighted by molar-refractivity contribution is 8.00. The van der Waals surface area contributed by atoms with Crippen molar-refractivity contribution < 1.29 is 4.79 Å². The van der Waals surface area contributed by atoms with E-state index in [1.54, 1.807) is 0 Å². The van der Waals surface area contributed by atoms with Crippen LogP contribution in [0.25, 0.3) is 5.69 Å². The molecule has 0 aliphatic carbocycles. The molecule has 0 aliphatic rings. The predicted octanol–water partition coefficient (Wildman–Crippen LogP) is 5.21. The standard InChI is InChI=1S/C22H26N4OS/c1-5-15(2)19-13-9-10-14-20(19)23-21(27)16(3)28-22-25-24-17(4)26(22)18-11-7-6-8-12-18/h6-16H,5H2,1-4H3,(H,23,27)/t15-,16-/m1/s1. The number of amides is 1. The van der Waals surface area contributed by atoms with E-state index in [1.165, 1.54) is 17.3 Å². The molecule has 0 spiro atoms. The number of anilines is 1. The average molecular weight is 395 g/mol. The molecule has 28 heavy (non-hydrogen) atoms. The summed E-state index contributed by atoms with van der Waals surface area (Å²) in [6, 6.07) is 18.0. The van der Waals surface area contributed by atoms with Crippen LogP contribution < -0.4 is 5.32 Å². The highest BCUT2D eigenvalue weighted by Gasteiger charge is 2.21. The molecule has 1 amide bonds. The Morgan fingerprint density at radius 1 is 1.07 bits per heavy atom. The van der Waals surface area contributed by atoms with Crippen LogP contribution in [0.4, 0.5) is 5.69 Å². The second kappa shape index (κ2) is 9.06. The summed E-state index contributed by atoms with van der Waals surface area (Å²) in [7, 11) is 0. The van der Waals surface area contributed by atoms with Crippen molar-refractivity contribution in [2.75, 3.05) is 5.32 Å². The fraction of sp³-hybridized carbons (Fsp3) is 0.318. The Morgan fingerprint density at radius 2 is 1.75 bits per heavy atom. The minimum Gasteiger partial charge on any atom is -0.325 e. The second-order valence-electron chi connectivity index (χ2n) is 6.85. The second-order valence-corrected chi connectivity index (χ2v) is 8.15. The molecule has 2 aromatic carbocycles. The number of aromatic nitrogens is 3. The zero-order chi connectivity index (χ0) is 20.1. The normalized spacial score (nSPS) is 13.1. The molecule has 1 N–H and O–H groups in total. The first kappa shape index (κ1) is 20.1. The van der Waals surface area contributed by atoms with Crippen LogP contribution >= 0.6 is 11.8 Å². The van der Waals surface area contributed by atoms with E-state index in [9.17, 15) is 4.79 Å². The molecule has 0 fully saturated rings. The van der Waals surface area contributed by atoms with Crippen molar-refractivity contribution in [3.05, 3.63) is 66.0 Å². The Balaban J connectivity index is 1.77. The molecule has 0 aliphatic heterocycles. The number of rotatable bonds is 7. The van der Waals surface area contributed by atoms with Crippen LogP contribution in [0.3, 0.4) is 0 Å². The molecule has 6 heteroatoms. The summed E-state index contributed by atoms with van der Waals surface area (Å²) in [5.41, 5.74) is 3.04. The third kappa shape index (κ3) is 4.44. The predicted molar refractivity (Wildman–Crippen MR) is 115 cm³/mol. The van der Waals surface area contributed by atoms with E-state index in [4.69, 9.17) is 0 Å². The number of para-hydroxylation sites is 2. The van der Waals surface area contributed by atoms with E-state index in [-0.39, 0.29) is 11.2 Å². The van der Waals surface area contributed by atoms with Crippen molar-refractivity contribution in [2.24, 2.45) is 0 Å². The minimum absolute atomic E-state index is 0.0407. The van der Waals surface area contributed by atoms with Gasteiger partial charge in [0.15, 0.2) is 5.16 Å². The lowest BCUT2D eigenvalue weighted by Gasteiger charge is -2.18. The van der Waals surface area contributed by atoms with Crippen LogP contribution in [-0.4, -0.2) is 25.9 Å². The van der Waals surface area contributed by atoms with Crippen LogP contribution in [0, 0.1) is 6.92 Å². The Labute approximate surface area is 170 Å². The molecule has 0 saturated heterocycles. The monoisotopic (exact) mass is 394 g/mol. The van der Waals surface area contributed by atoms with Gasteiger partial charge in [-0.25, -0.2) is 0 Å². The van der Waals surface area contributed by atoms with Gasteiger partial charge < -0.3 is 5.32 Å². The van der Waals surface area contributed by atoms with Crippen LogP contribution in [0.2, 0.25) is 0 Å². The summed E-state index contributed by atoms with van der Waals surface area (Å²) in [6.45, 7) is 8.14. The van der Waals surface area contributed by atoms with Gasteiger partial charge in [-0.1, -0.05) is 62.0 Å². The summed E-state index contributed by atoms with van der Waals surface area (Å²) in [5.74, 6) is 1.15. The fourth-order valence-electron chi connectivity index (χ4n) is 3.00. The van der Waals surface area contributed by atoms with Gasteiger partial charge in [0.05, 0.1) is 5.25 Å². The first-order valence-corrected chi connectivity index (χ1v) is 10.4. The molecular weight excluding hydrogens is 368 g/mol. The Bertz CT molecular complexity index is 939. The van der Waals surface area contributed by atoms with E-state index >= 15 is 0 Å². The molecule has 5 nitrogen and oxygen atoms in total. The number of hydrogen-bond acceptors (Lipinski definition) is 4. The molecule has 3 rings (SSSR count). The van der Waals surface area contributed by atoms with Crippen LogP contribution in [0.5, 0.6) is 0 Å². The lowest BCUT2D eigenvalue weighted by molar-refractivity contribution is -0.115. The highest BCUT2D eigenvalue weighted by atomic mass is 32.2. The van der Waals surface area contributed by atoms with Crippen molar-refractivity contribution in [3.63, 3.8) is 0 Å². The number of nitrogens with one attached hydrogen (secondary N) is 1. The maximum Gasteiger partial charge on any atom is 0.237 e. The maximum absolute atomic E-state index is 12.8. The summed E-state index contributed by atoms with van der Waals surface area (Å²) >= 11 is 1.41. The van der Waals surface area contributed by atoms with Gasteiger partial charge in [0.2, 0.25) is 5.91 Å². The summed E-state index contributed by atoms with van der Waals surface area (Å²) < 4.78 is 1.97. The van der Waals surface area contributed by atoms with E-state index in [2.05, 4.69) is 35.4 Å². The molecule has 0 saturated carbocycles. The third-order valence-electron chi connectivity index (χ3n) is 4.82. The van der Waals surface area contributed by atoms with Gasteiger partial charge in [-0.15, -0.1) is 10.2 Å². The smallest absolute Gasteiger partial charge is 0.237 e. The maximum atomic E-state index is 12.8. The Morgan fingerprint density at radius 3 is 2.46 bits per heavy atom. The van der Waals surface area contributed by atoms with Crippen LogP contribution in [0.1, 0.15) is 44.5 Å². The number of hydrogen-bond donors (Lipinski definition) is 1. The number of benzene rings is 2. The number of nitrogens with zero attached hydrogens (tertiary/aromatic N) is 3. The zero-order valence-corrected chi connectivity index (χ0v) is 17.5. The number of carbonyl (C=O) groups is 1. The summed E-state index contributed by atoms with van der Waals surface area (Å²) in [5, 5.41) is 12.0. The van der Waals surface area contributed by atoms with Crippen LogP contribution in [-0.2, 0) is 4.79 Å². The molecule has 1 heterocycles. The van der Waals surface area contributed by atoms with E-state index < -0.39 is 0 Å². The molecule has 0 radical (unpaired) electrons. The number of carbonyl (C=O) groups excluding carboxylic acids is 1. The van der Waals surface area contributed by atoms with Gasteiger partial charge in [0, 0.05) is 11.4 Å². The van der Waals surface area contributed by atoms with Crippen molar-refractivity contribution in [1.82, 2.24) is 14.8 Å². The van der Waals surface area contributed by atoms with Crippen molar-refractivity contribution in [2.45, 2.75) is 50.4 Å². The highest BCUT2D eigenvalue weighted by Crippen LogP contribution is 2.29. The lowest BCUT2D eigenvalue weighted by atomic mass is 9.97. The van der Waals surface area contributed by atoms with Crippen molar-refractivity contribution in [3.8, 4) is 5.69 Å². The topological polar surface area (TPSA) is 59.8 Å². The first-order chi connectivity index (χ1) is 13.5. The Kier molecular flexibility index (Phi) is 6.52. The zero-order valence-electron chi connectivity index (χ0n) is 16.7. The molecule has 0 unspecified atom stereocenters. The summed E-state index contributed by atoms with van der Waals surface area (Å²) in [4.78, 5) is 12.8. The quantitative estimate of drug-likeness (QED) is 0.559. The van der Waals surface area contributed by atoms with E-state index in [1.807, 2.05) is 66.9 Å². The molecule has 2 atom stereocenters. The van der Waals surface area contributed by atoms with Crippen molar-refractivity contribution in [1.29, 1.82) is 0 Å². The number of thioether (sulfide) groups is 1. The van der Waals surface area contributed by atoms with Gasteiger partial charge in [-0.05, 0) is 49.9 Å². The lowest BCUT2D eigenvalue weighted by Crippen LogP contribution is -2.23. The SMILES string of the molecule is CC[C@@H](C)c1ccccc1NC(=O)[C@@H](C)Sc1nnc(C)n1-c1ccccc1. The van der Waals surface area contributed by atoms with E-state index in [0.717, 1.165) is 23.6 Å². The molecule has 3 aromatic rings. The fourth-order valence-corrected chi connectivity index (χ4v) is 3.91. The van der Waals surface area contributed by atoms with Crippen molar-refractivity contribution >= 4 is 23.4 Å². The third-order valence-corrected chi connectivity index (χ3v) is 5.87. The van der Waals surface area contributed by atoms with Gasteiger partial charge >= 0.3 is 0 Å². The molecular formula is C22H26N4OS.